The average Bonchev–Trinajstić information content (AvgIpc) is 2.09. The third kappa shape index (κ3) is 3.12. The van der Waals surface area contributed by atoms with Gasteiger partial charge in [-0.25, -0.2) is 0 Å². The molecular formula is C8H11NO3. The number of non-ortho nitro benzene ring substituents is 1. The molecule has 0 unspecified atom stereocenters. The average molecular weight is 169 g/mol. The lowest BCUT2D eigenvalue weighted by atomic mass is 10.2. The number of nitro benzene ring substituents is 1. The monoisotopic (exact) mass is 169 g/mol. The van der Waals surface area contributed by atoms with Crippen molar-refractivity contribution >= 4 is 5.69 Å². The second-order valence-electron chi connectivity index (χ2n) is 2.09. The molecule has 0 heterocycles. The molecule has 12 heavy (non-hydrogen) atoms. The molecule has 0 amide bonds. The highest BCUT2D eigenvalue weighted by Gasteiger charge is 2.00. The molecule has 0 bridgehead atoms. The molecule has 0 spiro atoms. The molecule has 0 aliphatic rings. The maximum absolute atomic E-state index is 10.1. The molecule has 1 N–H and O–H groups in total. The van der Waals surface area contributed by atoms with Crippen LogP contribution in [0.25, 0.3) is 0 Å². The Morgan fingerprint density at radius 3 is 2.00 bits per heavy atom. The summed E-state index contributed by atoms with van der Waals surface area (Å²) in [6, 6.07) is 6.43. The number of hydrogen-bond donors (Lipinski definition) is 1. The van der Waals surface area contributed by atoms with Crippen molar-refractivity contribution in [2.45, 2.75) is 6.92 Å². The Morgan fingerprint density at radius 2 is 1.67 bits per heavy atom. The summed E-state index contributed by atoms with van der Waals surface area (Å²) in [4.78, 5) is 9.71. The van der Waals surface area contributed by atoms with E-state index in [-0.39, 0.29) is 5.69 Å². The molecule has 0 saturated heterocycles. The van der Waals surface area contributed by atoms with Crippen LogP contribution >= 0.6 is 0 Å². The third-order valence-electron chi connectivity index (χ3n) is 1.24. The second kappa shape index (κ2) is 5.26. The van der Waals surface area contributed by atoms with Crippen molar-refractivity contribution in [2.24, 2.45) is 0 Å². The Morgan fingerprint density at radius 1 is 1.25 bits per heavy atom. The van der Waals surface area contributed by atoms with Crippen LogP contribution in [0.1, 0.15) is 5.56 Å². The molecule has 0 atom stereocenters. The van der Waals surface area contributed by atoms with Gasteiger partial charge in [0.15, 0.2) is 0 Å². The summed E-state index contributed by atoms with van der Waals surface area (Å²) in [5, 5.41) is 17.1. The van der Waals surface area contributed by atoms with E-state index in [0.29, 0.717) is 0 Å². The fourth-order valence-corrected chi connectivity index (χ4v) is 0.666. The summed E-state index contributed by atoms with van der Waals surface area (Å²) < 4.78 is 0. The summed E-state index contributed by atoms with van der Waals surface area (Å²) >= 11 is 0. The largest absolute Gasteiger partial charge is 0.400 e. The third-order valence-corrected chi connectivity index (χ3v) is 1.24. The highest BCUT2D eigenvalue weighted by Crippen LogP contribution is 2.10. The van der Waals surface area contributed by atoms with Crippen molar-refractivity contribution in [2.75, 3.05) is 7.11 Å². The van der Waals surface area contributed by atoms with Crippen LogP contribution in [0.5, 0.6) is 0 Å². The van der Waals surface area contributed by atoms with Crippen LogP contribution in [0.4, 0.5) is 5.69 Å². The summed E-state index contributed by atoms with van der Waals surface area (Å²) in [5.74, 6) is 0. The van der Waals surface area contributed by atoms with E-state index in [2.05, 4.69) is 0 Å². The van der Waals surface area contributed by atoms with Gasteiger partial charge in [0, 0.05) is 19.2 Å². The van der Waals surface area contributed by atoms with E-state index in [0.717, 1.165) is 12.7 Å². The number of rotatable bonds is 1. The number of nitrogens with zero attached hydrogens (tertiary/aromatic N) is 1. The van der Waals surface area contributed by atoms with Crippen molar-refractivity contribution < 1.29 is 10.0 Å². The van der Waals surface area contributed by atoms with Crippen LogP contribution in [-0.2, 0) is 0 Å². The molecule has 1 rings (SSSR count). The zero-order valence-corrected chi connectivity index (χ0v) is 7.02. The maximum atomic E-state index is 10.1. The van der Waals surface area contributed by atoms with E-state index in [1.165, 1.54) is 12.1 Å². The lowest BCUT2D eigenvalue weighted by Gasteiger charge is -1.90. The van der Waals surface area contributed by atoms with Crippen molar-refractivity contribution in [3.05, 3.63) is 39.9 Å². The van der Waals surface area contributed by atoms with Gasteiger partial charge in [-0.2, -0.15) is 0 Å². The SMILES string of the molecule is CO.Cc1ccc([N+](=O)[O-])cc1. The topological polar surface area (TPSA) is 63.4 Å². The Labute approximate surface area is 70.6 Å². The van der Waals surface area contributed by atoms with E-state index in [1.807, 2.05) is 6.92 Å². The van der Waals surface area contributed by atoms with Crippen LogP contribution < -0.4 is 0 Å². The van der Waals surface area contributed by atoms with Gasteiger partial charge in [0.25, 0.3) is 5.69 Å². The van der Waals surface area contributed by atoms with Gasteiger partial charge in [0.2, 0.25) is 0 Å². The summed E-state index contributed by atoms with van der Waals surface area (Å²) in [6.45, 7) is 1.89. The van der Waals surface area contributed by atoms with Crippen molar-refractivity contribution in [3.8, 4) is 0 Å². The van der Waals surface area contributed by atoms with Crippen molar-refractivity contribution in [3.63, 3.8) is 0 Å². The van der Waals surface area contributed by atoms with Gasteiger partial charge in [-0.1, -0.05) is 17.7 Å². The normalized spacial score (nSPS) is 8.25. The minimum absolute atomic E-state index is 0.144. The molecule has 0 fully saturated rings. The van der Waals surface area contributed by atoms with Gasteiger partial charge in [-0.3, -0.25) is 10.1 Å². The van der Waals surface area contributed by atoms with Gasteiger partial charge < -0.3 is 5.11 Å². The first kappa shape index (κ1) is 10.6. The minimum Gasteiger partial charge on any atom is -0.400 e. The number of hydrogen-bond acceptors (Lipinski definition) is 3. The van der Waals surface area contributed by atoms with Crippen molar-refractivity contribution in [1.82, 2.24) is 0 Å². The van der Waals surface area contributed by atoms with E-state index in [1.54, 1.807) is 12.1 Å². The molecule has 4 heteroatoms. The van der Waals surface area contributed by atoms with Crippen LogP contribution in [-0.4, -0.2) is 17.1 Å². The molecule has 0 saturated carbocycles. The Balaban J connectivity index is 0.000000561. The molecule has 0 aromatic heterocycles. The van der Waals surface area contributed by atoms with Crippen LogP contribution in [0.15, 0.2) is 24.3 Å². The van der Waals surface area contributed by atoms with Crippen LogP contribution in [0, 0.1) is 17.0 Å². The molecule has 0 radical (unpaired) electrons. The minimum atomic E-state index is -0.403. The number of aryl methyl sites for hydroxylation is 1. The fraction of sp³-hybridized carbons (Fsp3) is 0.250. The summed E-state index contributed by atoms with van der Waals surface area (Å²) in [5.41, 5.74) is 1.18. The molecule has 4 nitrogen and oxygen atoms in total. The smallest absolute Gasteiger partial charge is 0.269 e. The van der Waals surface area contributed by atoms with Gasteiger partial charge in [-0.05, 0) is 6.92 Å². The zero-order valence-electron chi connectivity index (χ0n) is 7.02. The number of aliphatic hydroxyl groups is 1. The summed E-state index contributed by atoms with van der Waals surface area (Å²) in [6.07, 6.45) is 0. The Bertz CT molecular complexity index is 243. The number of nitro groups is 1. The van der Waals surface area contributed by atoms with E-state index < -0.39 is 4.92 Å². The predicted molar refractivity (Wildman–Crippen MR) is 46.0 cm³/mol. The highest BCUT2D eigenvalue weighted by atomic mass is 16.6. The van der Waals surface area contributed by atoms with Crippen LogP contribution in [0.2, 0.25) is 0 Å². The lowest BCUT2D eigenvalue weighted by Crippen LogP contribution is -1.86. The Hall–Kier alpha value is -1.42. The highest BCUT2D eigenvalue weighted by molar-refractivity contribution is 5.31. The first-order valence-corrected chi connectivity index (χ1v) is 3.36. The van der Waals surface area contributed by atoms with Gasteiger partial charge in [0.05, 0.1) is 4.92 Å². The van der Waals surface area contributed by atoms with Gasteiger partial charge in [0.1, 0.15) is 0 Å². The zero-order chi connectivity index (χ0) is 9.56. The molecule has 1 aromatic carbocycles. The van der Waals surface area contributed by atoms with E-state index in [4.69, 9.17) is 5.11 Å². The molecule has 0 aliphatic carbocycles. The van der Waals surface area contributed by atoms with Crippen LogP contribution in [0.3, 0.4) is 0 Å². The lowest BCUT2D eigenvalue weighted by molar-refractivity contribution is -0.384. The quantitative estimate of drug-likeness (QED) is 0.512. The molecule has 66 valence electrons. The van der Waals surface area contributed by atoms with E-state index in [9.17, 15) is 10.1 Å². The number of aliphatic hydroxyl groups excluding tert-OH is 1. The van der Waals surface area contributed by atoms with E-state index >= 15 is 0 Å². The fourth-order valence-electron chi connectivity index (χ4n) is 0.666. The number of benzene rings is 1. The summed E-state index contributed by atoms with van der Waals surface area (Å²) in [7, 11) is 1.00. The Kier molecular flexibility index (Phi) is 4.64. The first-order chi connectivity index (χ1) is 5.70. The van der Waals surface area contributed by atoms with Gasteiger partial charge >= 0.3 is 0 Å². The molecule has 0 aliphatic heterocycles. The van der Waals surface area contributed by atoms with Gasteiger partial charge in [-0.15, -0.1) is 0 Å². The first-order valence-electron chi connectivity index (χ1n) is 3.36. The standard InChI is InChI=1S/C7H7NO2.CH4O/c1-6-2-4-7(5-3-6)8(9)10;1-2/h2-5H,1H3;2H,1H3. The maximum Gasteiger partial charge on any atom is 0.269 e. The second-order valence-corrected chi connectivity index (χ2v) is 2.09. The predicted octanol–water partition coefficient (Wildman–Crippen LogP) is 1.51. The molecular weight excluding hydrogens is 158 g/mol. The molecule has 1 aromatic rings. The van der Waals surface area contributed by atoms with Crippen molar-refractivity contribution in [1.29, 1.82) is 0 Å².